The molecule has 2 aromatic rings. The lowest BCUT2D eigenvalue weighted by Gasteiger charge is -2.36. The Balaban J connectivity index is 0.00000208. The lowest BCUT2D eigenvalue weighted by atomic mass is 10.0. The molecule has 1 saturated heterocycles. The number of halogens is 2. The number of carbonyl (C=O) groups is 2. The maximum atomic E-state index is 12.9. The molecule has 0 aliphatic carbocycles. The highest BCUT2D eigenvalue weighted by atomic mass is 35.5. The van der Waals surface area contributed by atoms with E-state index in [-0.39, 0.29) is 30.1 Å². The van der Waals surface area contributed by atoms with Crippen LogP contribution >= 0.6 is 35.3 Å². The molecule has 1 aliphatic heterocycles. The third-order valence-corrected chi connectivity index (χ3v) is 5.11. The van der Waals surface area contributed by atoms with E-state index in [1.54, 1.807) is 11.4 Å². The first kappa shape index (κ1) is 18.9. The third kappa shape index (κ3) is 3.98. The van der Waals surface area contributed by atoms with E-state index in [9.17, 15) is 9.59 Å². The van der Waals surface area contributed by atoms with E-state index >= 15 is 0 Å². The number of amides is 1. The fourth-order valence-corrected chi connectivity index (χ4v) is 3.83. The number of thiophene rings is 1. The number of nitrogens with zero attached hydrogens (tertiary/aromatic N) is 1. The van der Waals surface area contributed by atoms with Crippen LogP contribution in [0.2, 0.25) is 5.02 Å². The molecule has 128 valence electrons. The minimum Gasteiger partial charge on any atom is -0.328 e. The van der Waals surface area contributed by atoms with Gasteiger partial charge in [0.05, 0.1) is 10.9 Å². The Labute approximate surface area is 156 Å². The van der Waals surface area contributed by atoms with Gasteiger partial charge < -0.3 is 10.2 Å². The molecule has 0 bridgehead atoms. The van der Waals surface area contributed by atoms with Crippen molar-refractivity contribution < 1.29 is 9.59 Å². The first-order valence-electron chi connectivity index (χ1n) is 7.43. The SMILES string of the molecule is CC(=O)c1csc(C(=O)N2CCNCC2c2cccc(Cl)c2)c1.Cl. The van der Waals surface area contributed by atoms with Crippen molar-refractivity contribution in [3.05, 3.63) is 56.7 Å². The van der Waals surface area contributed by atoms with Crippen molar-refractivity contribution in [1.82, 2.24) is 10.2 Å². The van der Waals surface area contributed by atoms with Gasteiger partial charge in [-0.3, -0.25) is 9.59 Å². The van der Waals surface area contributed by atoms with Crippen molar-refractivity contribution in [3.63, 3.8) is 0 Å². The molecular formula is C17H18Cl2N2O2S. The number of hydrogen-bond donors (Lipinski definition) is 1. The third-order valence-electron chi connectivity index (χ3n) is 3.95. The highest BCUT2D eigenvalue weighted by Crippen LogP contribution is 2.28. The van der Waals surface area contributed by atoms with Crippen LogP contribution in [-0.4, -0.2) is 36.2 Å². The van der Waals surface area contributed by atoms with Crippen molar-refractivity contribution in [3.8, 4) is 0 Å². The molecule has 1 N–H and O–H groups in total. The van der Waals surface area contributed by atoms with E-state index in [2.05, 4.69) is 5.32 Å². The van der Waals surface area contributed by atoms with Crippen LogP contribution in [0.1, 0.15) is 38.6 Å². The zero-order chi connectivity index (χ0) is 16.4. The highest BCUT2D eigenvalue weighted by molar-refractivity contribution is 7.12. The molecule has 24 heavy (non-hydrogen) atoms. The Morgan fingerprint density at radius 2 is 2.12 bits per heavy atom. The summed E-state index contributed by atoms with van der Waals surface area (Å²) in [6, 6.07) is 9.23. The normalized spacial score (nSPS) is 17.2. The van der Waals surface area contributed by atoms with Crippen LogP contribution in [0.3, 0.4) is 0 Å². The van der Waals surface area contributed by atoms with Crippen LogP contribution in [0, 0.1) is 0 Å². The molecule has 0 spiro atoms. The Morgan fingerprint density at radius 3 is 2.79 bits per heavy atom. The van der Waals surface area contributed by atoms with Crippen LogP contribution in [0.4, 0.5) is 0 Å². The summed E-state index contributed by atoms with van der Waals surface area (Å²) < 4.78 is 0. The van der Waals surface area contributed by atoms with E-state index in [1.807, 2.05) is 29.2 Å². The Morgan fingerprint density at radius 1 is 1.33 bits per heavy atom. The summed E-state index contributed by atoms with van der Waals surface area (Å²) >= 11 is 7.41. The van der Waals surface area contributed by atoms with Crippen molar-refractivity contribution in [2.45, 2.75) is 13.0 Å². The average molecular weight is 385 g/mol. The Kier molecular flexibility index (Phi) is 6.40. The van der Waals surface area contributed by atoms with Crippen molar-refractivity contribution >= 4 is 47.0 Å². The Bertz CT molecular complexity index is 748. The highest BCUT2D eigenvalue weighted by Gasteiger charge is 2.29. The summed E-state index contributed by atoms with van der Waals surface area (Å²) in [6.07, 6.45) is 0. The fraction of sp³-hybridized carbons (Fsp3) is 0.294. The topological polar surface area (TPSA) is 49.4 Å². The molecule has 1 fully saturated rings. The summed E-state index contributed by atoms with van der Waals surface area (Å²) in [5.74, 6) is -0.0547. The van der Waals surface area contributed by atoms with Gasteiger partial charge in [-0.2, -0.15) is 0 Å². The Hall–Kier alpha value is -1.40. The molecule has 1 atom stereocenters. The van der Waals surface area contributed by atoms with Gasteiger partial charge >= 0.3 is 0 Å². The first-order chi connectivity index (χ1) is 11.1. The zero-order valence-corrected chi connectivity index (χ0v) is 15.5. The summed E-state index contributed by atoms with van der Waals surface area (Å²) in [5.41, 5.74) is 1.61. The monoisotopic (exact) mass is 384 g/mol. The minimum absolute atomic E-state index is 0. The van der Waals surface area contributed by atoms with Gasteiger partial charge in [-0.1, -0.05) is 23.7 Å². The van der Waals surface area contributed by atoms with Gasteiger partial charge in [0.25, 0.3) is 5.91 Å². The number of nitrogens with one attached hydrogen (secondary N) is 1. The average Bonchev–Trinajstić information content (AvgIpc) is 3.04. The predicted molar refractivity (Wildman–Crippen MR) is 99.7 cm³/mol. The predicted octanol–water partition coefficient (Wildman–Crippen LogP) is 3.81. The van der Waals surface area contributed by atoms with Gasteiger partial charge in [0.15, 0.2) is 5.78 Å². The van der Waals surface area contributed by atoms with Gasteiger partial charge in [-0.25, -0.2) is 0 Å². The first-order valence-corrected chi connectivity index (χ1v) is 8.68. The van der Waals surface area contributed by atoms with Crippen LogP contribution in [-0.2, 0) is 0 Å². The number of piperazine rings is 1. The van der Waals surface area contributed by atoms with Gasteiger partial charge in [0.1, 0.15) is 0 Å². The molecule has 4 nitrogen and oxygen atoms in total. The lowest BCUT2D eigenvalue weighted by Crippen LogP contribution is -2.48. The smallest absolute Gasteiger partial charge is 0.264 e. The molecule has 1 aliphatic rings. The van der Waals surface area contributed by atoms with Gasteiger partial charge in [-0.15, -0.1) is 23.7 Å². The number of benzene rings is 1. The van der Waals surface area contributed by atoms with Gasteiger partial charge in [0, 0.05) is 35.6 Å². The summed E-state index contributed by atoms with van der Waals surface area (Å²) in [7, 11) is 0. The second kappa shape index (κ2) is 8.12. The van der Waals surface area contributed by atoms with Gasteiger partial charge in [-0.05, 0) is 30.7 Å². The molecule has 1 aromatic carbocycles. The molecule has 2 heterocycles. The largest absolute Gasteiger partial charge is 0.328 e. The summed E-state index contributed by atoms with van der Waals surface area (Å²) in [5, 5.41) is 5.73. The number of rotatable bonds is 3. The maximum Gasteiger partial charge on any atom is 0.264 e. The van der Waals surface area contributed by atoms with E-state index in [0.29, 0.717) is 28.6 Å². The molecular weight excluding hydrogens is 367 g/mol. The van der Waals surface area contributed by atoms with E-state index in [1.165, 1.54) is 18.3 Å². The molecule has 0 saturated carbocycles. The van der Waals surface area contributed by atoms with Crippen LogP contribution < -0.4 is 5.32 Å². The lowest BCUT2D eigenvalue weighted by molar-refractivity contribution is 0.0639. The fourth-order valence-electron chi connectivity index (χ4n) is 2.73. The van der Waals surface area contributed by atoms with E-state index in [0.717, 1.165) is 12.1 Å². The zero-order valence-electron chi connectivity index (χ0n) is 13.1. The second-order valence-corrected chi connectivity index (χ2v) is 6.88. The van der Waals surface area contributed by atoms with Crippen molar-refractivity contribution in [1.29, 1.82) is 0 Å². The molecule has 1 aromatic heterocycles. The maximum absolute atomic E-state index is 12.9. The van der Waals surface area contributed by atoms with E-state index in [4.69, 9.17) is 11.6 Å². The quantitative estimate of drug-likeness (QED) is 0.818. The minimum atomic E-state index is -0.0576. The van der Waals surface area contributed by atoms with Crippen LogP contribution in [0.15, 0.2) is 35.7 Å². The number of carbonyl (C=O) groups excluding carboxylic acids is 2. The molecule has 0 radical (unpaired) electrons. The van der Waals surface area contributed by atoms with Crippen LogP contribution in [0.25, 0.3) is 0 Å². The molecule has 7 heteroatoms. The van der Waals surface area contributed by atoms with Crippen molar-refractivity contribution in [2.75, 3.05) is 19.6 Å². The molecule has 1 unspecified atom stereocenters. The summed E-state index contributed by atoms with van der Waals surface area (Å²) in [4.78, 5) is 26.8. The van der Waals surface area contributed by atoms with Crippen LogP contribution in [0.5, 0.6) is 0 Å². The standard InChI is InChI=1S/C17H17ClN2O2S.ClH/c1-11(21)13-8-16(23-10-13)17(22)20-6-5-19-9-15(20)12-3-2-4-14(18)7-12;/h2-4,7-8,10,15,19H,5-6,9H2,1H3;1H. The number of ketones is 1. The molecule has 1 amide bonds. The molecule has 3 rings (SSSR count). The second-order valence-electron chi connectivity index (χ2n) is 5.53. The summed E-state index contributed by atoms with van der Waals surface area (Å²) in [6.45, 7) is 3.59. The van der Waals surface area contributed by atoms with E-state index < -0.39 is 0 Å². The van der Waals surface area contributed by atoms with Gasteiger partial charge in [0.2, 0.25) is 0 Å². The number of hydrogen-bond acceptors (Lipinski definition) is 4. The van der Waals surface area contributed by atoms with Crippen molar-refractivity contribution in [2.24, 2.45) is 0 Å². The number of Topliss-reactive ketones (excluding diaryl/α,β-unsaturated/α-hetero) is 1.